The molecule has 1 rings (SSSR count). The van der Waals surface area contributed by atoms with E-state index in [0.29, 0.717) is 6.42 Å². The summed E-state index contributed by atoms with van der Waals surface area (Å²) in [6, 6.07) is -0.859. The van der Waals surface area contributed by atoms with Gasteiger partial charge in [0.2, 0.25) is 5.91 Å². The van der Waals surface area contributed by atoms with E-state index >= 15 is 0 Å². The Balaban J connectivity index is 2.38. The van der Waals surface area contributed by atoms with Crippen molar-refractivity contribution in [1.82, 2.24) is 5.32 Å². The van der Waals surface area contributed by atoms with Gasteiger partial charge in [0.05, 0.1) is 25.4 Å². The number of amides is 1. The van der Waals surface area contributed by atoms with Crippen LogP contribution in [0.5, 0.6) is 0 Å². The van der Waals surface area contributed by atoms with Crippen LogP contribution in [-0.2, 0) is 14.3 Å². The highest BCUT2D eigenvalue weighted by molar-refractivity contribution is 5.76. The van der Waals surface area contributed by atoms with Gasteiger partial charge >= 0.3 is 0 Å². The first-order valence-corrected chi connectivity index (χ1v) is 24.0. The Hall–Kier alpha value is -2.11. The molecule has 1 saturated heterocycles. The second-order valence-corrected chi connectivity index (χ2v) is 16.5. The molecule has 0 aromatic rings. The Morgan fingerprint density at radius 2 is 1.02 bits per heavy atom. The van der Waals surface area contributed by atoms with Crippen LogP contribution in [-0.4, -0.2) is 87.5 Å². The predicted molar refractivity (Wildman–Crippen MR) is 244 cm³/mol. The van der Waals surface area contributed by atoms with Crippen molar-refractivity contribution in [3.8, 4) is 0 Å². The van der Waals surface area contributed by atoms with Gasteiger partial charge in [-0.3, -0.25) is 4.79 Å². The van der Waals surface area contributed by atoms with E-state index in [0.717, 1.165) is 44.9 Å². The normalized spacial score (nSPS) is 21.2. The van der Waals surface area contributed by atoms with Crippen molar-refractivity contribution in [2.75, 3.05) is 13.2 Å². The monoisotopic (exact) mass is 832 g/mol. The lowest BCUT2D eigenvalue weighted by Crippen LogP contribution is -2.60. The number of ether oxygens (including phenoxy) is 2. The summed E-state index contributed by atoms with van der Waals surface area (Å²) >= 11 is 0. The Labute approximate surface area is 360 Å². The fourth-order valence-corrected chi connectivity index (χ4v) is 7.18. The van der Waals surface area contributed by atoms with Gasteiger partial charge in [0.15, 0.2) is 6.29 Å². The van der Waals surface area contributed by atoms with Crippen molar-refractivity contribution in [1.29, 1.82) is 0 Å². The van der Waals surface area contributed by atoms with E-state index in [1.54, 1.807) is 6.08 Å². The molecule has 0 aromatic carbocycles. The Morgan fingerprint density at radius 1 is 0.576 bits per heavy atom. The Morgan fingerprint density at radius 3 is 1.53 bits per heavy atom. The lowest BCUT2D eigenvalue weighted by Gasteiger charge is -2.40. The first kappa shape index (κ1) is 54.9. The summed E-state index contributed by atoms with van der Waals surface area (Å²) in [6.07, 6.45) is 45.8. The SMILES string of the molecule is CCCCCCCC/C=C\C/C=C\CCC(=O)NC(COC1OC(CO)C(O)C(O)C1O)C(O)/C=C/CC/C=C/CC/C=C/CCCCCCCCCCCCCCC. The van der Waals surface area contributed by atoms with Gasteiger partial charge in [-0.25, -0.2) is 0 Å². The molecule has 59 heavy (non-hydrogen) atoms. The first-order valence-electron chi connectivity index (χ1n) is 24.0. The predicted octanol–water partition coefficient (Wildman–Crippen LogP) is 10.4. The highest BCUT2D eigenvalue weighted by atomic mass is 16.7. The van der Waals surface area contributed by atoms with E-state index in [2.05, 4.69) is 61.7 Å². The zero-order valence-electron chi connectivity index (χ0n) is 37.5. The number of aliphatic hydroxyl groups is 5. The highest BCUT2D eigenvalue weighted by Crippen LogP contribution is 2.22. The van der Waals surface area contributed by atoms with E-state index in [9.17, 15) is 30.3 Å². The third-order valence-corrected chi connectivity index (χ3v) is 11.1. The van der Waals surface area contributed by atoms with Crippen LogP contribution in [0.2, 0.25) is 0 Å². The molecule has 0 saturated carbocycles. The summed E-state index contributed by atoms with van der Waals surface area (Å²) in [5, 5.41) is 54.1. The second kappa shape index (κ2) is 40.0. The van der Waals surface area contributed by atoms with Crippen LogP contribution in [0.3, 0.4) is 0 Å². The molecule has 0 spiro atoms. The van der Waals surface area contributed by atoms with Gasteiger partial charge in [-0.2, -0.15) is 0 Å². The van der Waals surface area contributed by atoms with Gasteiger partial charge in [0.1, 0.15) is 24.4 Å². The first-order chi connectivity index (χ1) is 28.8. The summed E-state index contributed by atoms with van der Waals surface area (Å²) in [6.45, 7) is 3.70. The van der Waals surface area contributed by atoms with Gasteiger partial charge in [-0.05, 0) is 64.2 Å². The fraction of sp³-hybridized carbons (Fsp3) is 0.780. The van der Waals surface area contributed by atoms with Crippen molar-refractivity contribution in [2.45, 2.75) is 236 Å². The van der Waals surface area contributed by atoms with E-state index in [-0.39, 0.29) is 18.9 Å². The maximum Gasteiger partial charge on any atom is 0.220 e. The fourth-order valence-electron chi connectivity index (χ4n) is 7.18. The van der Waals surface area contributed by atoms with Crippen LogP contribution in [0, 0.1) is 0 Å². The second-order valence-electron chi connectivity index (χ2n) is 16.5. The third-order valence-electron chi connectivity index (χ3n) is 11.1. The number of carbonyl (C=O) groups excluding carboxylic acids is 1. The number of unbranched alkanes of at least 4 members (excludes halogenated alkanes) is 21. The van der Waals surface area contributed by atoms with Crippen molar-refractivity contribution >= 4 is 5.91 Å². The molecule has 7 unspecified atom stereocenters. The number of rotatable bonds is 39. The summed E-state index contributed by atoms with van der Waals surface area (Å²) < 4.78 is 11.2. The number of nitrogens with one attached hydrogen (secondary N) is 1. The van der Waals surface area contributed by atoms with Crippen LogP contribution in [0.1, 0.15) is 194 Å². The summed E-state index contributed by atoms with van der Waals surface area (Å²) in [5.74, 6) is -0.260. The number of hydrogen-bond acceptors (Lipinski definition) is 8. The van der Waals surface area contributed by atoms with E-state index < -0.39 is 49.5 Å². The van der Waals surface area contributed by atoms with Crippen molar-refractivity contribution in [3.05, 3.63) is 60.8 Å². The minimum absolute atomic E-state index is 0.227. The molecule has 1 heterocycles. The average molecular weight is 832 g/mol. The van der Waals surface area contributed by atoms with Crippen LogP contribution in [0.4, 0.5) is 0 Å². The van der Waals surface area contributed by atoms with E-state index in [1.807, 2.05) is 12.2 Å². The van der Waals surface area contributed by atoms with Crippen LogP contribution < -0.4 is 5.32 Å². The van der Waals surface area contributed by atoms with E-state index in [4.69, 9.17) is 9.47 Å². The standard InChI is InChI=1S/C50H89NO8/c1-3-5-7-9-11-13-15-17-18-19-20-21-22-23-24-25-26-28-29-31-33-35-37-39-44(53)43(42-58-50-49(57)48(56)47(55)45(41-52)59-50)51-46(54)40-38-36-34-32-30-27-16-14-12-10-8-6-4-2/h24-25,27,29-31,34,36-37,39,43-45,47-50,52-53,55-57H,3-23,26,28,32-33,35,38,40-42H2,1-2H3,(H,51,54)/b25-24+,30-27-,31-29+,36-34-,39-37+. The molecule has 1 aliphatic rings. The van der Waals surface area contributed by atoms with Gasteiger partial charge < -0.3 is 40.3 Å². The molecule has 0 aliphatic carbocycles. The van der Waals surface area contributed by atoms with E-state index in [1.165, 1.54) is 122 Å². The number of carbonyl (C=O) groups is 1. The van der Waals surface area contributed by atoms with Gasteiger partial charge in [0.25, 0.3) is 0 Å². The van der Waals surface area contributed by atoms with Gasteiger partial charge in [-0.1, -0.05) is 184 Å². The Kier molecular flexibility index (Phi) is 37.2. The minimum Gasteiger partial charge on any atom is -0.394 e. The molecular formula is C50H89NO8. The van der Waals surface area contributed by atoms with Crippen molar-refractivity contribution in [2.24, 2.45) is 0 Å². The molecule has 1 aliphatic heterocycles. The molecule has 7 atom stereocenters. The molecule has 0 aromatic heterocycles. The lowest BCUT2D eigenvalue weighted by atomic mass is 9.99. The number of allylic oxidation sites excluding steroid dienone is 9. The van der Waals surface area contributed by atoms with Crippen molar-refractivity contribution < 1.29 is 39.8 Å². The smallest absolute Gasteiger partial charge is 0.220 e. The third kappa shape index (κ3) is 30.6. The molecule has 9 nitrogen and oxygen atoms in total. The molecular weight excluding hydrogens is 743 g/mol. The molecule has 342 valence electrons. The van der Waals surface area contributed by atoms with Gasteiger partial charge in [0, 0.05) is 6.42 Å². The van der Waals surface area contributed by atoms with Crippen LogP contribution in [0.15, 0.2) is 60.8 Å². The van der Waals surface area contributed by atoms with Crippen molar-refractivity contribution in [3.63, 3.8) is 0 Å². The molecule has 6 N–H and O–H groups in total. The average Bonchev–Trinajstić information content (AvgIpc) is 3.23. The lowest BCUT2D eigenvalue weighted by molar-refractivity contribution is -0.302. The molecule has 9 heteroatoms. The van der Waals surface area contributed by atoms with Gasteiger partial charge in [-0.15, -0.1) is 0 Å². The molecule has 0 bridgehead atoms. The largest absolute Gasteiger partial charge is 0.394 e. The summed E-state index contributed by atoms with van der Waals surface area (Å²) in [7, 11) is 0. The zero-order chi connectivity index (χ0) is 43.0. The zero-order valence-corrected chi connectivity index (χ0v) is 37.5. The molecule has 1 amide bonds. The van der Waals surface area contributed by atoms with Crippen LogP contribution in [0.25, 0.3) is 0 Å². The molecule has 1 fully saturated rings. The molecule has 0 radical (unpaired) electrons. The topological polar surface area (TPSA) is 149 Å². The number of aliphatic hydroxyl groups excluding tert-OH is 5. The summed E-state index contributed by atoms with van der Waals surface area (Å²) in [5.41, 5.74) is 0. The maximum atomic E-state index is 12.9. The Bertz CT molecular complexity index is 1100. The quantitative estimate of drug-likeness (QED) is 0.0265. The number of hydrogen-bond donors (Lipinski definition) is 6. The summed E-state index contributed by atoms with van der Waals surface area (Å²) in [4.78, 5) is 12.9. The highest BCUT2D eigenvalue weighted by Gasteiger charge is 2.44. The van der Waals surface area contributed by atoms with Crippen LogP contribution >= 0.6 is 0 Å². The minimum atomic E-state index is -1.58. The maximum absolute atomic E-state index is 12.9.